The minimum Gasteiger partial charge on any atom is -0.497 e. The Labute approximate surface area is 182 Å². The summed E-state index contributed by atoms with van der Waals surface area (Å²) < 4.78 is 12.7. The van der Waals surface area contributed by atoms with Crippen molar-refractivity contribution in [1.29, 1.82) is 0 Å². The lowest BCUT2D eigenvalue weighted by atomic mass is 9.89. The Hall–Kier alpha value is -4.14. The van der Waals surface area contributed by atoms with Gasteiger partial charge < -0.3 is 19.1 Å². The molecule has 1 N–H and O–H groups in total. The SMILES string of the molecule is COC(=O)C[C@H](c1cc2ccc(OC)cc2n(C)c1=O)c1c(O)nc2ccccn2c1=O. The standard InChI is InChI=1S/C23H21N3O6/c1-25-17-11-14(31-2)8-7-13(17)10-16(22(25)29)15(12-19(27)32-3)20-21(28)24-18-6-4-5-9-26(18)23(20)30/h4-11,15,28H,12H2,1-3H3/t15-/m1/s1. The van der Waals surface area contributed by atoms with E-state index in [1.165, 1.54) is 29.4 Å². The van der Waals surface area contributed by atoms with Crippen LogP contribution in [0.25, 0.3) is 16.6 Å². The van der Waals surface area contributed by atoms with Gasteiger partial charge >= 0.3 is 5.97 Å². The number of aromatic hydroxyl groups is 1. The zero-order valence-corrected chi connectivity index (χ0v) is 17.7. The number of hydrogen-bond donors (Lipinski definition) is 1. The molecule has 3 heterocycles. The van der Waals surface area contributed by atoms with Crippen molar-refractivity contribution in [3.63, 3.8) is 0 Å². The van der Waals surface area contributed by atoms with Crippen molar-refractivity contribution < 1.29 is 19.4 Å². The quantitative estimate of drug-likeness (QED) is 0.477. The summed E-state index contributed by atoms with van der Waals surface area (Å²) in [6.45, 7) is 0. The number of ether oxygens (including phenoxy) is 2. The molecule has 9 heteroatoms. The average molecular weight is 435 g/mol. The Kier molecular flexibility index (Phi) is 5.40. The molecule has 0 bridgehead atoms. The number of benzene rings is 1. The molecule has 32 heavy (non-hydrogen) atoms. The minimum absolute atomic E-state index is 0.149. The summed E-state index contributed by atoms with van der Waals surface area (Å²) in [5.41, 5.74) is -0.109. The maximum absolute atomic E-state index is 13.3. The third kappa shape index (κ3) is 3.47. The Bertz CT molecular complexity index is 1470. The van der Waals surface area contributed by atoms with Gasteiger partial charge in [0.1, 0.15) is 11.4 Å². The highest BCUT2D eigenvalue weighted by molar-refractivity contribution is 5.82. The van der Waals surface area contributed by atoms with Crippen LogP contribution in [0, 0.1) is 0 Å². The number of carbonyl (C=O) groups is 1. The van der Waals surface area contributed by atoms with Crippen molar-refractivity contribution in [2.45, 2.75) is 12.3 Å². The van der Waals surface area contributed by atoms with E-state index >= 15 is 0 Å². The van der Waals surface area contributed by atoms with E-state index in [0.717, 1.165) is 0 Å². The lowest BCUT2D eigenvalue weighted by Crippen LogP contribution is -2.30. The van der Waals surface area contributed by atoms with Crippen LogP contribution in [0.1, 0.15) is 23.5 Å². The molecular weight excluding hydrogens is 414 g/mol. The second-order valence-corrected chi connectivity index (χ2v) is 7.30. The lowest BCUT2D eigenvalue weighted by molar-refractivity contribution is -0.140. The van der Waals surface area contributed by atoms with E-state index in [2.05, 4.69) is 4.98 Å². The molecule has 0 aliphatic rings. The molecule has 0 radical (unpaired) electrons. The monoisotopic (exact) mass is 435 g/mol. The van der Waals surface area contributed by atoms with Crippen molar-refractivity contribution in [2.24, 2.45) is 7.05 Å². The fourth-order valence-electron chi connectivity index (χ4n) is 3.86. The number of esters is 1. The van der Waals surface area contributed by atoms with Crippen LogP contribution in [-0.2, 0) is 16.6 Å². The van der Waals surface area contributed by atoms with Gasteiger partial charge in [0.25, 0.3) is 11.1 Å². The van der Waals surface area contributed by atoms with Crippen LogP contribution < -0.4 is 15.9 Å². The van der Waals surface area contributed by atoms with Gasteiger partial charge in [-0.2, -0.15) is 4.98 Å². The topological polar surface area (TPSA) is 112 Å². The fraction of sp³-hybridized carbons (Fsp3) is 0.217. The highest BCUT2D eigenvalue weighted by Gasteiger charge is 2.29. The second-order valence-electron chi connectivity index (χ2n) is 7.30. The molecule has 0 unspecified atom stereocenters. The molecule has 0 saturated heterocycles. The number of fused-ring (bicyclic) bond motifs is 2. The van der Waals surface area contributed by atoms with Crippen LogP contribution in [-0.4, -0.2) is 39.2 Å². The van der Waals surface area contributed by atoms with Gasteiger partial charge in [0, 0.05) is 30.8 Å². The zero-order chi connectivity index (χ0) is 23.0. The van der Waals surface area contributed by atoms with Crippen molar-refractivity contribution >= 4 is 22.5 Å². The Morgan fingerprint density at radius 1 is 1.12 bits per heavy atom. The Balaban J connectivity index is 2.02. The van der Waals surface area contributed by atoms with Crippen molar-refractivity contribution in [3.8, 4) is 11.6 Å². The first-order valence-electron chi connectivity index (χ1n) is 9.80. The summed E-state index contributed by atoms with van der Waals surface area (Å²) >= 11 is 0. The number of methoxy groups -OCH3 is 2. The number of aromatic nitrogens is 3. The van der Waals surface area contributed by atoms with E-state index < -0.39 is 28.9 Å². The predicted octanol–water partition coefficient (Wildman–Crippen LogP) is 1.96. The average Bonchev–Trinajstić information content (AvgIpc) is 2.80. The van der Waals surface area contributed by atoms with E-state index in [1.54, 1.807) is 49.5 Å². The van der Waals surface area contributed by atoms with Crippen LogP contribution in [0.3, 0.4) is 0 Å². The second kappa shape index (κ2) is 8.18. The summed E-state index contributed by atoms with van der Waals surface area (Å²) in [7, 11) is 4.34. The molecule has 0 spiro atoms. The molecule has 4 aromatic rings. The number of nitrogens with zero attached hydrogens (tertiary/aromatic N) is 3. The van der Waals surface area contributed by atoms with Crippen molar-refractivity contribution in [2.75, 3.05) is 14.2 Å². The molecule has 3 aromatic heterocycles. The third-order valence-electron chi connectivity index (χ3n) is 5.53. The van der Waals surface area contributed by atoms with Crippen molar-refractivity contribution in [3.05, 3.63) is 80.5 Å². The normalized spacial score (nSPS) is 12.1. The van der Waals surface area contributed by atoms with Crippen LogP contribution in [0.5, 0.6) is 11.6 Å². The molecule has 0 saturated carbocycles. The summed E-state index contributed by atoms with van der Waals surface area (Å²) in [4.78, 5) is 42.9. The van der Waals surface area contributed by atoms with Crippen LogP contribution in [0.2, 0.25) is 0 Å². The van der Waals surface area contributed by atoms with Gasteiger partial charge in [0.15, 0.2) is 0 Å². The first-order valence-corrected chi connectivity index (χ1v) is 9.80. The van der Waals surface area contributed by atoms with Gasteiger partial charge in [0.2, 0.25) is 5.88 Å². The summed E-state index contributed by atoms with van der Waals surface area (Å²) in [6, 6.07) is 11.8. The van der Waals surface area contributed by atoms with Gasteiger partial charge in [-0.3, -0.25) is 18.8 Å². The van der Waals surface area contributed by atoms with Gasteiger partial charge in [-0.15, -0.1) is 0 Å². The van der Waals surface area contributed by atoms with Gasteiger partial charge in [0.05, 0.1) is 31.7 Å². The molecule has 0 aliphatic heterocycles. The zero-order valence-electron chi connectivity index (χ0n) is 17.7. The van der Waals surface area contributed by atoms with Crippen LogP contribution in [0.4, 0.5) is 0 Å². The Morgan fingerprint density at radius 3 is 2.62 bits per heavy atom. The Morgan fingerprint density at radius 2 is 1.91 bits per heavy atom. The number of rotatable bonds is 5. The summed E-state index contributed by atoms with van der Waals surface area (Å²) in [6.07, 6.45) is 1.18. The minimum atomic E-state index is -1.07. The highest BCUT2D eigenvalue weighted by Crippen LogP contribution is 2.31. The van der Waals surface area contributed by atoms with Crippen LogP contribution >= 0.6 is 0 Å². The van der Waals surface area contributed by atoms with E-state index in [0.29, 0.717) is 16.7 Å². The largest absolute Gasteiger partial charge is 0.497 e. The van der Waals surface area contributed by atoms with Crippen molar-refractivity contribution in [1.82, 2.24) is 14.0 Å². The number of carbonyl (C=O) groups excluding carboxylic acids is 1. The molecular formula is C23H21N3O6. The van der Waals surface area contributed by atoms with E-state index in [1.807, 2.05) is 0 Å². The third-order valence-corrected chi connectivity index (χ3v) is 5.53. The fourth-order valence-corrected chi connectivity index (χ4v) is 3.86. The first kappa shape index (κ1) is 21.1. The summed E-state index contributed by atoms with van der Waals surface area (Å²) in [5, 5.41) is 11.3. The molecule has 0 amide bonds. The maximum Gasteiger partial charge on any atom is 0.306 e. The highest BCUT2D eigenvalue weighted by atomic mass is 16.5. The maximum atomic E-state index is 13.3. The van der Waals surface area contributed by atoms with Gasteiger partial charge in [-0.05, 0) is 35.7 Å². The number of hydrogen-bond acceptors (Lipinski definition) is 7. The molecule has 4 rings (SSSR count). The number of pyridine rings is 2. The van der Waals surface area contributed by atoms with E-state index in [9.17, 15) is 19.5 Å². The van der Waals surface area contributed by atoms with E-state index in [4.69, 9.17) is 9.47 Å². The predicted molar refractivity (Wildman–Crippen MR) is 117 cm³/mol. The smallest absolute Gasteiger partial charge is 0.306 e. The first-order chi connectivity index (χ1) is 15.3. The molecule has 0 aliphatic carbocycles. The molecule has 0 fully saturated rings. The number of aryl methyl sites for hydroxylation is 1. The van der Waals surface area contributed by atoms with Crippen LogP contribution in [0.15, 0.2) is 58.3 Å². The van der Waals surface area contributed by atoms with Gasteiger partial charge in [-0.25, -0.2) is 0 Å². The molecule has 1 atom stereocenters. The lowest BCUT2D eigenvalue weighted by Gasteiger charge is -2.19. The van der Waals surface area contributed by atoms with E-state index in [-0.39, 0.29) is 23.2 Å². The summed E-state index contributed by atoms with van der Waals surface area (Å²) in [5.74, 6) is -1.65. The molecule has 1 aromatic carbocycles. The molecule has 164 valence electrons. The van der Waals surface area contributed by atoms with Gasteiger partial charge in [-0.1, -0.05) is 6.07 Å². The molecule has 9 nitrogen and oxygen atoms in total.